The number of ether oxygens (including phenoxy) is 1. The Labute approximate surface area is 115 Å². The molecule has 104 valence electrons. The number of hydrogen-bond donors (Lipinski definition) is 0. The quantitative estimate of drug-likeness (QED) is 0.763. The molecule has 1 saturated heterocycles. The molecule has 1 fully saturated rings. The Morgan fingerprint density at radius 1 is 1.37 bits per heavy atom. The molecule has 0 amide bonds. The number of carbonyl (C=O) groups excluding carboxylic acids is 1. The first kappa shape index (κ1) is 14.1. The molecule has 19 heavy (non-hydrogen) atoms. The third-order valence-electron chi connectivity index (χ3n) is 3.44. The predicted molar refractivity (Wildman–Crippen MR) is 75.7 cm³/mol. The van der Waals surface area contributed by atoms with Crippen molar-refractivity contribution in [3.63, 3.8) is 0 Å². The van der Waals surface area contributed by atoms with Gasteiger partial charge in [0.15, 0.2) is 0 Å². The van der Waals surface area contributed by atoms with E-state index in [1.165, 1.54) is 5.56 Å². The van der Waals surface area contributed by atoms with Crippen LogP contribution in [0.15, 0.2) is 30.3 Å². The van der Waals surface area contributed by atoms with E-state index in [0.29, 0.717) is 12.3 Å². The van der Waals surface area contributed by atoms with Crippen LogP contribution in [0.25, 0.3) is 0 Å². The summed E-state index contributed by atoms with van der Waals surface area (Å²) in [6.07, 6.45) is 1.65. The van der Waals surface area contributed by atoms with Crippen LogP contribution in [0.4, 0.5) is 0 Å². The van der Waals surface area contributed by atoms with E-state index in [9.17, 15) is 4.79 Å². The van der Waals surface area contributed by atoms with E-state index in [1.54, 1.807) is 0 Å². The second-order valence-electron chi connectivity index (χ2n) is 5.62. The van der Waals surface area contributed by atoms with Crippen molar-refractivity contribution in [2.45, 2.75) is 39.3 Å². The zero-order chi connectivity index (χ0) is 13.7. The van der Waals surface area contributed by atoms with Crippen LogP contribution in [-0.4, -0.2) is 30.1 Å². The molecule has 1 heterocycles. The van der Waals surface area contributed by atoms with E-state index in [2.05, 4.69) is 29.2 Å². The summed E-state index contributed by atoms with van der Waals surface area (Å²) in [5.41, 5.74) is 1.34. The van der Waals surface area contributed by atoms with Gasteiger partial charge in [-0.3, -0.25) is 9.69 Å². The van der Waals surface area contributed by atoms with Crippen molar-refractivity contribution in [2.75, 3.05) is 13.1 Å². The molecule has 0 saturated carbocycles. The maximum absolute atomic E-state index is 11.6. The summed E-state index contributed by atoms with van der Waals surface area (Å²) >= 11 is 0. The van der Waals surface area contributed by atoms with Gasteiger partial charge in [0.2, 0.25) is 0 Å². The molecule has 2 rings (SSSR count). The first-order valence-electron chi connectivity index (χ1n) is 7.09. The lowest BCUT2D eigenvalue weighted by molar-refractivity contribution is -0.148. The third kappa shape index (κ3) is 4.67. The fourth-order valence-corrected chi connectivity index (χ4v) is 2.61. The molecule has 0 aromatic heterocycles. The summed E-state index contributed by atoms with van der Waals surface area (Å²) in [6, 6.07) is 10.5. The average molecular weight is 261 g/mol. The van der Waals surface area contributed by atoms with Crippen molar-refractivity contribution >= 4 is 5.97 Å². The van der Waals surface area contributed by atoms with Gasteiger partial charge in [-0.1, -0.05) is 30.3 Å². The lowest BCUT2D eigenvalue weighted by Gasteiger charge is -2.16. The second-order valence-corrected chi connectivity index (χ2v) is 5.62. The van der Waals surface area contributed by atoms with E-state index in [-0.39, 0.29) is 12.1 Å². The molecule has 0 spiro atoms. The van der Waals surface area contributed by atoms with Crippen LogP contribution >= 0.6 is 0 Å². The van der Waals surface area contributed by atoms with E-state index >= 15 is 0 Å². The molecule has 0 bridgehead atoms. The van der Waals surface area contributed by atoms with Gasteiger partial charge in [-0.05, 0) is 38.3 Å². The molecule has 3 heteroatoms. The Kier molecular flexibility index (Phi) is 4.97. The van der Waals surface area contributed by atoms with Gasteiger partial charge in [-0.25, -0.2) is 0 Å². The Bertz CT molecular complexity index is 402. The Hall–Kier alpha value is -1.35. The van der Waals surface area contributed by atoms with Crippen molar-refractivity contribution in [1.82, 2.24) is 4.90 Å². The Morgan fingerprint density at radius 3 is 2.79 bits per heavy atom. The molecule has 0 aliphatic carbocycles. The molecular weight excluding hydrogens is 238 g/mol. The normalized spacial score (nSPS) is 19.8. The molecule has 0 radical (unpaired) electrons. The smallest absolute Gasteiger partial charge is 0.306 e. The molecular formula is C16H23NO2. The zero-order valence-corrected chi connectivity index (χ0v) is 11.8. The lowest BCUT2D eigenvalue weighted by Crippen LogP contribution is -2.21. The maximum Gasteiger partial charge on any atom is 0.306 e. The fraction of sp³-hybridized carbons (Fsp3) is 0.562. The lowest BCUT2D eigenvalue weighted by atomic mass is 10.1. The van der Waals surface area contributed by atoms with Gasteiger partial charge in [0.1, 0.15) is 0 Å². The third-order valence-corrected chi connectivity index (χ3v) is 3.44. The minimum atomic E-state index is -0.0541. The van der Waals surface area contributed by atoms with Crippen molar-refractivity contribution in [2.24, 2.45) is 5.92 Å². The molecule has 1 aromatic rings. The fourth-order valence-electron chi connectivity index (χ4n) is 2.61. The molecule has 0 N–H and O–H groups in total. The first-order valence-corrected chi connectivity index (χ1v) is 7.09. The van der Waals surface area contributed by atoms with E-state index in [4.69, 9.17) is 4.74 Å². The number of carbonyl (C=O) groups is 1. The van der Waals surface area contributed by atoms with E-state index < -0.39 is 0 Å². The molecule has 1 unspecified atom stereocenters. The topological polar surface area (TPSA) is 29.5 Å². The van der Waals surface area contributed by atoms with Crippen LogP contribution in [0, 0.1) is 5.92 Å². The minimum absolute atomic E-state index is 0.00525. The summed E-state index contributed by atoms with van der Waals surface area (Å²) in [6.45, 7) is 6.86. The van der Waals surface area contributed by atoms with Crippen LogP contribution < -0.4 is 0 Å². The number of benzene rings is 1. The number of likely N-dealkylation sites (tertiary alicyclic amines) is 1. The number of rotatable bonds is 5. The SMILES string of the molecule is CC(C)OC(=O)CC1CCN(Cc2ccccc2)C1. The van der Waals surface area contributed by atoms with Crippen LogP contribution in [0.5, 0.6) is 0 Å². The highest BCUT2D eigenvalue weighted by Crippen LogP contribution is 2.22. The molecule has 1 aliphatic rings. The standard InChI is InChI=1S/C16H23NO2/c1-13(2)19-16(18)10-15-8-9-17(12-15)11-14-6-4-3-5-7-14/h3-7,13,15H,8-12H2,1-2H3. The van der Waals surface area contributed by atoms with E-state index in [0.717, 1.165) is 26.1 Å². The predicted octanol–water partition coefficient (Wildman–Crippen LogP) is 2.85. The van der Waals surface area contributed by atoms with Gasteiger partial charge in [0, 0.05) is 19.5 Å². The van der Waals surface area contributed by atoms with Gasteiger partial charge >= 0.3 is 5.97 Å². The Balaban J connectivity index is 1.76. The number of hydrogen-bond acceptors (Lipinski definition) is 3. The largest absolute Gasteiger partial charge is 0.463 e. The van der Waals surface area contributed by atoms with Gasteiger partial charge in [0.25, 0.3) is 0 Å². The molecule has 1 aromatic carbocycles. The minimum Gasteiger partial charge on any atom is -0.463 e. The highest BCUT2D eigenvalue weighted by Gasteiger charge is 2.25. The average Bonchev–Trinajstić information content (AvgIpc) is 2.76. The van der Waals surface area contributed by atoms with Crippen molar-refractivity contribution in [3.05, 3.63) is 35.9 Å². The summed E-state index contributed by atoms with van der Waals surface area (Å²) < 4.78 is 5.21. The van der Waals surface area contributed by atoms with Gasteiger partial charge in [-0.15, -0.1) is 0 Å². The van der Waals surface area contributed by atoms with Gasteiger partial charge in [0.05, 0.1) is 6.10 Å². The van der Waals surface area contributed by atoms with Crippen molar-refractivity contribution in [3.8, 4) is 0 Å². The van der Waals surface area contributed by atoms with Crippen molar-refractivity contribution in [1.29, 1.82) is 0 Å². The van der Waals surface area contributed by atoms with Crippen molar-refractivity contribution < 1.29 is 9.53 Å². The number of nitrogens with zero attached hydrogens (tertiary/aromatic N) is 1. The molecule has 3 nitrogen and oxygen atoms in total. The Morgan fingerprint density at radius 2 is 2.11 bits per heavy atom. The highest BCUT2D eigenvalue weighted by atomic mass is 16.5. The first-order chi connectivity index (χ1) is 9.13. The molecule has 1 atom stereocenters. The summed E-state index contributed by atoms with van der Waals surface area (Å²) in [4.78, 5) is 14.1. The van der Waals surface area contributed by atoms with Crippen LogP contribution in [0.3, 0.4) is 0 Å². The molecule has 1 aliphatic heterocycles. The van der Waals surface area contributed by atoms with Crippen LogP contribution in [0.2, 0.25) is 0 Å². The number of esters is 1. The van der Waals surface area contributed by atoms with E-state index in [1.807, 2.05) is 19.9 Å². The van der Waals surface area contributed by atoms with Gasteiger partial charge in [-0.2, -0.15) is 0 Å². The van der Waals surface area contributed by atoms with Gasteiger partial charge < -0.3 is 4.74 Å². The highest BCUT2D eigenvalue weighted by molar-refractivity contribution is 5.69. The second kappa shape index (κ2) is 6.71. The zero-order valence-electron chi connectivity index (χ0n) is 11.8. The maximum atomic E-state index is 11.6. The summed E-state index contributed by atoms with van der Waals surface area (Å²) in [5.74, 6) is 0.400. The monoisotopic (exact) mass is 261 g/mol. The summed E-state index contributed by atoms with van der Waals surface area (Å²) in [5, 5.41) is 0. The summed E-state index contributed by atoms with van der Waals surface area (Å²) in [7, 11) is 0. The van der Waals surface area contributed by atoms with Crippen LogP contribution in [-0.2, 0) is 16.1 Å². The van der Waals surface area contributed by atoms with Crippen LogP contribution in [0.1, 0.15) is 32.3 Å².